The molecule has 1 fully saturated rings. The van der Waals surface area contributed by atoms with Gasteiger partial charge in [-0.25, -0.2) is 9.78 Å². The van der Waals surface area contributed by atoms with Gasteiger partial charge in [-0.05, 0) is 37.3 Å². The van der Waals surface area contributed by atoms with Crippen LogP contribution >= 0.6 is 0 Å². The van der Waals surface area contributed by atoms with E-state index in [2.05, 4.69) is 15.4 Å². The molecule has 1 saturated carbocycles. The van der Waals surface area contributed by atoms with E-state index in [1.807, 2.05) is 0 Å². The molecule has 0 spiro atoms. The summed E-state index contributed by atoms with van der Waals surface area (Å²) in [4.78, 5) is 15.2. The fourth-order valence-corrected chi connectivity index (χ4v) is 2.80. The van der Waals surface area contributed by atoms with E-state index in [0.717, 1.165) is 32.2 Å². The lowest BCUT2D eigenvalue weighted by molar-refractivity contribution is 0.0688. The molecule has 0 amide bonds. The third-order valence-corrected chi connectivity index (χ3v) is 3.91. The highest BCUT2D eigenvalue weighted by atomic mass is 16.4. The van der Waals surface area contributed by atoms with E-state index < -0.39 is 5.97 Å². The number of carboxylic acids is 1. The molecule has 21 heavy (non-hydrogen) atoms. The average molecular weight is 290 g/mol. The molecule has 3 N–H and O–H groups in total. The molecule has 2 unspecified atom stereocenters. The molecule has 112 valence electrons. The predicted molar refractivity (Wildman–Crippen MR) is 76.4 cm³/mol. The number of fused-ring (bicyclic) bond motifs is 1. The molecule has 2 aromatic heterocycles. The van der Waals surface area contributed by atoms with E-state index in [0.29, 0.717) is 17.4 Å². The first-order valence-corrected chi connectivity index (χ1v) is 7.13. The number of nitrogens with one attached hydrogen (secondary N) is 1. The van der Waals surface area contributed by atoms with Gasteiger partial charge in [-0.1, -0.05) is 6.42 Å². The summed E-state index contributed by atoms with van der Waals surface area (Å²) in [6, 6.07) is 3.07. The number of carboxylic acid groups (broad SMARTS) is 1. The smallest absolute Gasteiger partial charge is 0.356 e. The fraction of sp³-hybridized carbons (Fsp3) is 0.500. The van der Waals surface area contributed by atoms with Gasteiger partial charge in [0.05, 0.1) is 12.3 Å². The van der Waals surface area contributed by atoms with Crippen molar-refractivity contribution >= 4 is 17.4 Å². The maximum absolute atomic E-state index is 11.0. The van der Waals surface area contributed by atoms with Gasteiger partial charge in [-0.2, -0.15) is 9.61 Å². The summed E-state index contributed by atoms with van der Waals surface area (Å²) >= 11 is 0. The lowest BCUT2D eigenvalue weighted by Gasteiger charge is -2.26. The number of aliphatic hydroxyl groups is 1. The van der Waals surface area contributed by atoms with Crippen LogP contribution in [0.4, 0.5) is 5.82 Å². The van der Waals surface area contributed by atoms with E-state index in [9.17, 15) is 9.90 Å². The SMILES string of the molecule is O=C(O)c1ccc2ncc(NCC3CCCC(O)C3)n2n1. The van der Waals surface area contributed by atoms with Crippen molar-refractivity contribution < 1.29 is 15.0 Å². The molecule has 3 rings (SSSR count). The van der Waals surface area contributed by atoms with Crippen LogP contribution < -0.4 is 5.32 Å². The fourth-order valence-electron chi connectivity index (χ4n) is 2.80. The molecule has 2 atom stereocenters. The lowest BCUT2D eigenvalue weighted by atomic mass is 9.87. The van der Waals surface area contributed by atoms with Crippen molar-refractivity contribution in [1.82, 2.24) is 14.6 Å². The van der Waals surface area contributed by atoms with Crippen molar-refractivity contribution in [2.45, 2.75) is 31.8 Å². The van der Waals surface area contributed by atoms with Gasteiger partial charge in [0.25, 0.3) is 0 Å². The third kappa shape index (κ3) is 2.97. The third-order valence-electron chi connectivity index (χ3n) is 3.91. The summed E-state index contributed by atoms with van der Waals surface area (Å²) < 4.78 is 1.50. The Kier molecular flexibility index (Phi) is 3.74. The molecular weight excluding hydrogens is 272 g/mol. The van der Waals surface area contributed by atoms with Crippen molar-refractivity contribution in [3.05, 3.63) is 24.0 Å². The number of carbonyl (C=O) groups is 1. The van der Waals surface area contributed by atoms with Crippen LogP contribution in [0.25, 0.3) is 5.65 Å². The Hall–Kier alpha value is -2.15. The number of imidazole rings is 1. The van der Waals surface area contributed by atoms with Gasteiger partial charge < -0.3 is 15.5 Å². The standard InChI is InChI=1S/C14H18N4O3/c19-10-3-1-2-9(6-10)7-15-13-8-16-12-5-4-11(14(20)21)17-18(12)13/h4-5,8-10,15,19H,1-3,6-7H2,(H,20,21). The van der Waals surface area contributed by atoms with Crippen molar-refractivity contribution in [1.29, 1.82) is 0 Å². The van der Waals surface area contributed by atoms with Crippen LogP contribution in [0.1, 0.15) is 36.2 Å². The van der Waals surface area contributed by atoms with Crippen LogP contribution in [0.3, 0.4) is 0 Å². The Balaban J connectivity index is 1.74. The molecule has 1 aliphatic rings. The number of hydrogen-bond acceptors (Lipinski definition) is 5. The normalized spacial score (nSPS) is 22.3. The second-order valence-electron chi connectivity index (χ2n) is 5.50. The van der Waals surface area contributed by atoms with Gasteiger partial charge >= 0.3 is 5.97 Å². The molecule has 7 heteroatoms. The van der Waals surface area contributed by atoms with E-state index in [1.54, 1.807) is 12.3 Å². The molecule has 0 aliphatic heterocycles. The van der Waals surface area contributed by atoms with Gasteiger partial charge in [0, 0.05) is 6.54 Å². The molecule has 0 radical (unpaired) electrons. The number of rotatable bonds is 4. The zero-order chi connectivity index (χ0) is 14.8. The van der Waals surface area contributed by atoms with Crippen molar-refractivity contribution in [2.24, 2.45) is 5.92 Å². The van der Waals surface area contributed by atoms with Gasteiger partial charge in [-0.3, -0.25) is 0 Å². The maximum Gasteiger partial charge on any atom is 0.356 e. The number of hydrogen-bond donors (Lipinski definition) is 3. The van der Waals surface area contributed by atoms with Crippen LogP contribution in [0.15, 0.2) is 18.3 Å². The van der Waals surface area contributed by atoms with Crippen LogP contribution in [0.2, 0.25) is 0 Å². The number of nitrogens with zero attached hydrogens (tertiary/aromatic N) is 3. The zero-order valence-electron chi connectivity index (χ0n) is 11.6. The van der Waals surface area contributed by atoms with E-state index >= 15 is 0 Å². The highest BCUT2D eigenvalue weighted by molar-refractivity contribution is 5.85. The molecule has 0 saturated heterocycles. The van der Waals surface area contributed by atoms with Gasteiger partial charge in [0.1, 0.15) is 5.82 Å². The van der Waals surface area contributed by atoms with Crippen LogP contribution in [0, 0.1) is 5.92 Å². The molecule has 0 bridgehead atoms. The largest absolute Gasteiger partial charge is 0.476 e. The summed E-state index contributed by atoms with van der Waals surface area (Å²) in [5.41, 5.74) is 0.586. The first kappa shape index (κ1) is 13.8. The summed E-state index contributed by atoms with van der Waals surface area (Å²) in [5, 5.41) is 26.0. The van der Waals surface area contributed by atoms with Crippen molar-refractivity contribution in [3.63, 3.8) is 0 Å². The van der Waals surface area contributed by atoms with Crippen LogP contribution in [0.5, 0.6) is 0 Å². The molecule has 2 aromatic rings. The van der Waals surface area contributed by atoms with E-state index in [4.69, 9.17) is 5.11 Å². The average Bonchev–Trinajstić information content (AvgIpc) is 2.87. The number of anilines is 1. The topological polar surface area (TPSA) is 99.8 Å². The minimum atomic E-state index is -1.06. The number of aromatic carboxylic acids is 1. The number of aromatic nitrogens is 3. The second kappa shape index (κ2) is 5.69. The first-order chi connectivity index (χ1) is 10.1. The summed E-state index contributed by atoms with van der Waals surface area (Å²) in [5.74, 6) is 0.0297. The Morgan fingerprint density at radius 2 is 2.29 bits per heavy atom. The molecule has 7 nitrogen and oxygen atoms in total. The van der Waals surface area contributed by atoms with Gasteiger partial charge in [0.2, 0.25) is 0 Å². The zero-order valence-corrected chi connectivity index (χ0v) is 11.6. The van der Waals surface area contributed by atoms with Gasteiger partial charge in [-0.15, -0.1) is 0 Å². The summed E-state index contributed by atoms with van der Waals surface area (Å²) in [7, 11) is 0. The molecule has 2 heterocycles. The van der Waals surface area contributed by atoms with Crippen LogP contribution in [-0.4, -0.2) is 43.4 Å². The molecular formula is C14H18N4O3. The minimum Gasteiger partial charge on any atom is -0.476 e. The van der Waals surface area contributed by atoms with E-state index in [-0.39, 0.29) is 11.8 Å². The monoisotopic (exact) mass is 290 g/mol. The maximum atomic E-state index is 11.0. The Morgan fingerprint density at radius 1 is 1.43 bits per heavy atom. The Bertz CT molecular complexity index is 655. The summed E-state index contributed by atoms with van der Waals surface area (Å²) in [6.07, 6.45) is 5.27. The first-order valence-electron chi connectivity index (χ1n) is 7.13. The van der Waals surface area contributed by atoms with Gasteiger partial charge in [0.15, 0.2) is 11.3 Å². The predicted octanol–water partition coefficient (Wildman–Crippen LogP) is 1.39. The minimum absolute atomic E-state index is 0.0170. The summed E-state index contributed by atoms with van der Waals surface area (Å²) in [6.45, 7) is 0.726. The van der Waals surface area contributed by atoms with Crippen LogP contribution in [-0.2, 0) is 0 Å². The van der Waals surface area contributed by atoms with Crippen molar-refractivity contribution in [3.8, 4) is 0 Å². The lowest BCUT2D eigenvalue weighted by Crippen LogP contribution is -2.25. The second-order valence-corrected chi connectivity index (χ2v) is 5.50. The van der Waals surface area contributed by atoms with E-state index in [1.165, 1.54) is 10.6 Å². The van der Waals surface area contributed by atoms with Crippen molar-refractivity contribution in [2.75, 3.05) is 11.9 Å². The molecule has 0 aromatic carbocycles. The highest BCUT2D eigenvalue weighted by Gasteiger charge is 2.20. The highest BCUT2D eigenvalue weighted by Crippen LogP contribution is 2.24. The Morgan fingerprint density at radius 3 is 3.05 bits per heavy atom. The number of aliphatic hydroxyl groups excluding tert-OH is 1. The molecule has 1 aliphatic carbocycles. The quantitative estimate of drug-likeness (QED) is 0.787. The Labute approximate surface area is 121 Å².